The molecule has 0 aromatic carbocycles. The summed E-state index contributed by atoms with van der Waals surface area (Å²) in [6, 6.07) is 6.64. The molecule has 8 heteroatoms. The first-order valence-corrected chi connectivity index (χ1v) is 10.8. The molecular weight excluding hydrogens is 390 g/mol. The lowest BCUT2D eigenvalue weighted by atomic mass is 10.1. The Bertz CT molecular complexity index is 1060. The fourth-order valence-corrected chi connectivity index (χ4v) is 3.86. The van der Waals surface area contributed by atoms with E-state index in [1.54, 1.807) is 12.4 Å². The summed E-state index contributed by atoms with van der Waals surface area (Å²) in [5, 5.41) is 4.31. The van der Waals surface area contributed by atoms with Crippen LogP contribution in [0, 0.1) is 0 Å². The smallest absolute Gasteiger partial charge is 0.170 e. The van der Waals surface area contributed by atoms with Crippen molar-refractivity contribution in [1.82, 2.24) is 19.7 Å². The molecule has 1 aliphatic heterocycles. The van der Waals surface area contributed by atoms with Crippen molar-refractivity contribution in [1.29, 1.82) is 0 Å². The van der Waals surface area contributed by atoms with Gasteiger partial charge in [0.2, 0.25) is 0 Å². The zero-order valence-electron chi connectivity index (χ0n) is 18.6. The van der Waals surface area contributed by atoms with E-state index in [-0.39, 0.29) is 12.1 Å². The Morgan fingerprint density at radius 2 is 1.97 bits per heavy atom. The lowest BCUT2D eigenvalue weighted by Crippen LogP contribution is -2.26. The third kappa shape index (κ3) is 4.49. The zero-order valence-corrected chi connectivity index (χ0v) is 18.6. The fraction of sp³-hybridized carbons (Fsp3) is 0.435. The monoisotopic (exact) mass is 421 g/mol. The number of rotatable bonds is 6. The number of ether oxygens (including phenoxy) is 1. The minimum absolute atomic E-state index is 0.170. The number of nitrogens with two attached hydrogens (primary N) is 2. The third-order valence-corrected chi connectivity index (χ3v) is 5.69. The normalized spacial score (nSPS) is 17.4. The highest BCUT2D eigenvalue weighted by molar-refractivity contribution is 5.69. The number of anilines is 2. The molecule has 0 radical (unpaired) electrons. The van der Waals surface area contributed by atoms with Crippen LogP contribution in [0.2, 0.25) is 0 Å². The van der Waals surface area contributed by atoms with Gasteiger partial charge in [0.1, 0.15) is 0 Å². The molecule has 0 spiro atoms. The van der Waals surface area contributed by atoms with Gasteiger partial charge < -0.3 is 21.1 Å². The van der Waals surface area contributed by atoms with Gasteiger partial charge in [-0.15, -0.1) is 0 Å². The van der Waals surface area contributed by atoms with E-state index in [9.17, 15) is 0 Å². The van der Waals surface area contributed by atoms with Gasteiger partial charge in [0.15, 0.2) is 17.3 Å². The van der Waals surface area contributed by atoms with E-state index in [4.69, 9.17) is 21.2 Å². The number of nitrogen functional groups attached to an aromatic ring is 1. The zero-order chi connectivity index (χ0) is 22.1. The van der Waals surface area contributed by atoms with Gasteiger partial charge in [0, 0.05) is 42.1 Å². The van der Waals surface area contributed by atoms with Gasteiger partial charge in [-0.1, -0.05) is 0 Å². The first-order valence-electron chi connectivity index (χ1n) is 10.8. The summed E-state index contributed by atoms with van der Waals surface area (Å²) >= 11 is 0. The van der Waals surface area contributed by atoms with Crippen molar-refractivity contribution in [2.75, 3.05) is 17.2 Å². The molecule has 1 saturated heterocycles. The molecule has 2 atom stereocenters. The Hall–Kier alpha value is -3.13. The van der Waals surface area contributed by atoms with Gasteiger partial charge in [-0.3, -0.25) is 9.67 Å². The molecule has 8 nitrogen and oxygen atoms in total. The van der Waals surface area contributed by atoms with Crippen molar-refractivity contribution in [3.63, 3.8) is 0 Å². The van der Waals surface area contributed by atoms with Crippen LogP contribution in [0.4, 0.5) is 11.5 Å². The first-order chi connectivity index (χ1) is 14.8. The highest BCUT2D eigenvalue weighted by atomic mass is 16.5. The van der Waals surface area contributed by atoms with Crippen molar-refractivity contribution in [2.45, 2.75) is 58.7 Å². The van der Waals surface area contributed by atoms with Crippen molar-refractivity contribution in [3.05, 3.63) is 42.5 Å². The summed E-state index contributed by atoms with van der Waals surface area (Å²) < 4.78 is 7.83. The van der Waals surface area contributed by atoms with Crippen LogP contribution in [0.3, 0.4) is 0 Å². The van der Waals surface area contributed by atoms with Gasteiger partial charge in [0.25, 0.3) is 0 Å². The number of aromatic nitrogens is 4. The maximum absolute atomic E-state index is 6.20. The quantitative estimate of drug-likeness (QED) is 0.611. The predicted molar refractivity (Wildman–Crippen MR) is 123 cm³/mol. The van der Waals surface area contributed by atoms with E-state index in [2.05, 4.69) is 47.9 Å². The molecule has 0 aliphatic carbocycles. The number of hydrogen-bond acceptors (Lipinski definition) is 7. The van der Waals surface area contributed by atoms with Crippen LogP contribution < -0.4 is 21.1 Å². The summed E-state index contributed by atoms with van der Waals surface area (Å²) in [6.45, 7) is 9.36. The van der Waals surface area contributed by atoms with Gasteiger partial charge in [-0.05, 0) is 58.7 Å². The lowest BCUT2D eigenvalue weighted by Gasteiger charge is -2.25. The minimum Gasteiger partial charge on any atom is -0.450 e. The van der Waals surface area contributed by atoms with Gasteiger partial charge in [0.05, 0.1) is 23.8 Å². The Balaban J connectivity index is 1.70. The Labute approximate surface area is 183 Å². The van der Waals surface area contributed by atoms with E-state index in [1.165, 1.54) is 12.8 Å². The molecule has 1 fully saturated rings. The lowest BCUT2D eigenvalue weighted by molar-refractivity contribution is 0.477. The molecule has 4 heterocycles. The maximum Gasteiger partial charge on any atom is 0.170 e. The standard InChI is InChI=1S/C23H31N7O/c1-14(2)30-13-19(12-27-30)31-22-8-17(11-26-23(22)25)21-10-18(9-20(28-21)16(4)24)29-7-5-6-15(29)3/h8-16H,5-7,24H2,1-4H3,(H2,25,26)/t15-,16?/m1/s1. The number of hydrogen-bond donors (Lipinski definition) is 2. The average molecular weight is 422 g/mol. The molecule has 3 aromatic heterocycles. The van der Waals surface area contributed by atoms with E-state index < -0.39 is 0 Å². The Kier molecular flexibility index (Phi) is 5.82. The predicted octanol–water partition coefficient (Wildman–Crippen LogP) is 4.30. The highest BCUT2D eigenvalue weighted by Crippen LogP contribution is 2.34. The molecule has 164 valence electrons. The molecule has 0 amide bonds. The van der Waals surface area contributed by atoms with Crippen molar-refractivity contribution in [2.24, 2.45) is 5.73 Å². The molecular formula is C23H31N7O. The highest BCUT2D eigenvalue weighted by Gasteiger charge is 2.22. The summed E-state index contributed by atoms with van der Waals surface area (Å²) in [5.74, 6) is 1.41. The van der Waals surface area contributed by atoms with Crippen LogP contribution in [0.1, 0.15) is 58.3 Å². The number of pyridine rings is 2. The van der Waals surface area contributed by atoms with Gasteiger partial charge in [-0.2, -0.15) is 5.10 Å². The summed E-state index contributed by atoms with van der Waals surface area (Å²) in [4.78, 5) is 11.6. The van der Waals surface area contributed by atoms with Crippen molar-refractivity contribution < 1.29 is 4.74 Å². The van der Waals surface area contributed by atoms with Gasteiger partial charge in [-0.25, -0.2) is 4.98 Å². The van der Waals surface area contributed by atoms with E-state index in [0.29, 0.717) is 23.4 Å². The summed E-state index contributed by atoms with van der Waals surface area (Å²) in [5.41, 5.74) is 15.9. The second-order valence-electron chi connectivity index (χ2n) is 8.57. The molecule has 1 aliphatic rings. The largest absolute Gasteiger partial charge is 0.450 e. The maximum atomic E-state index is 6.20. The van der Waals surface area contributed by atoms with Crippen LogP contribution in [0.5, 0.6) is 11.5 Å². The summed E-state index contributed by atoms with van der Waals surface area (Å²) in [6.07, 6.45) is 7.63. The van der Waals surface area contributed by atoms with Gasteiger partial charge >= 0.3 is 0 Å². The Morgan fingerprint density at radius 1 is 1.16 bits per heavy atom. The van der Waals surface area contributed by atoms with Crippen LogP contribution in [0.15, 0.2) is 36.8 Å². The molecule has 0 bridgehead atoms. The summed E-state index contributed by atoms with van der Waals surface area (Å²) in [7, 11) is 0. The van der Waals surface area contributed by atoms with Crippen molar-refractivity contribution >= 4 is 11.5 Å². The second-order valence-corrected chi connectivity index (χ2v) is 8.57. The Morgan fingerprint density at radius 3 is 2.61 bits per heavy atom. The molecule has 31 heavy (non-hydrogen) atoms. The van der Waals surface area contributed by atoms with Crippen LogP contribution >= 0.6 is 0 Å². The minimum atomic E-state index is -0.170. The van der Waals surface area contributed by atoms with Crippen LogP contribution in [0.25, 0.3) is 11.3 Å². The van der Waals surface area contributed by atoms with Crippen molar-refractivity contribution in [3.8, 4) is 22.8 Å². The van der Waals surface area contributed by atoms with Crippen LogP contribution in [-0.2, 0) is 0 Å². The number of nitrogens with zero attached hydrogens (tertiary/aromatic N) is 5. The van der Waals surface area contributed by atoms with Crippen LogP contribution in [-0.4, -0.2) is 32.3 Å². The van der Waals surface area contributed by atoms with E-state index >= 15 is 0 Å². The van der Waals surface area contributed by atoms with E-state index in [0.717, 1.165) is 29.2 Å². The molecule has 0 saturated carbocycles. The SMILES string of the molecule is CC(N)c1cc(N2CCC[C@H]2C)cc(-c2cnc(N)c(Oc3cnn(C(C)C)c3)c2)n1. The molecule has 4 N–H and O–H groups in total. The first kappa shape index (κ1) is 21.1. The molecule has 4 rings (SSSR count). The molecule has 3 aromatic rings. The average Bonchev–Trinajstić information content (AvgIpc) is 3.38. The van der Waals surface area contributed by atoms with E-state index in [1.807, 2.05) is 23.9 Å². The topological polar surface area (TPSA) is 108 Å². The fourth-order valence-electron chi connectivity index (χ4n) is 3.86. The third-order valence-electron chi connectivity index (χ3n) is 5.69. The second kappa shape index (κ2) is 8.55. The molecule has 1 unspecified atom stereocenters.